The Kier molecular flexibility index (Phi) is 9.21. The molecule has 0 spiro atoms. The second-order valence-corrected chi connectivity index (χ2v) is 9.76. The fourth-order valence-corrected chi connectivity index (χ4v) is 4.63. The number of anilines is 1. The predicted molar refractivity (Wildman–Crippen MR) is 146 cm³/mol. The van der Waals surface area contributed by atoms with Gasteiger partial charge in [-0.1, -0.05) is 57.3 Å². The van der Waals surface area contributed by atoms with E-state index in [2.05, 4.69) is 49.9 Å². The number of hydrogen-bond acceptors (Lipinski definition) is 3. The Morgan fingerprint density at radius 2 is 1.94 bits per heavy atom. The van der Waals surface area contributed by atoms with Gasteiger partial charge in [-0.15, -0.1) is 0 Å². The zero-order valence-electron chi connectivity index (χ0n) is 17.5. The average Bonchev–Trinajstić information content (AvgIpc) is 2.78. The minimum absolute atomic E-state index is 0.0436. The SMILES string of the molecule is CCOc1cc(/C=C(\C#N)C(=O)Nc2ccc(Cl)c(Cl)c2)cc(I)c1Cc1ccccc1Br. The van der Waals surface area contributed by atoms with Crippen LogP contribution < -0.4 is 10.1 Å². The first kappa shape index (κ1) is 25.6. The number of nitriles is 1. The summed E-state index contributed by atoms with van der Waals surface area (Å²) in [6.45, 7) is 2.41. The van der Waals surface area contributed by atoms with Gasteiger partial charge in [0.05, 0.1) is 16.7 Å². The summed E-state index contributed by atoms with van der Waals surface area (Å²) >= 11 is 17.8. The molecule has 0 aliphatic heterocycles. The van der Waals surface area contributed by atoms with Crippen LogP contribution in [0, 0.1) is 14.9 Å². The van der Waals surface area contributed by atoms with Crippen molar-refractivity contribution < 1.29 is 9.53 Å². The lowest BCUT2D eigenvalue weighted by Gasteiger charge is -2.15. The Hall–Kier alpha value is -2.05. The molecule has 0 saturated carbocycles. The predicted octanol–water partition coefficient (Wildman–Crippen LogP) is 7.90. The first-order valence-electron chi connectivity index (χ1n) is 9.89. The number of carbonyl (C=O) groups is 1. The molecule has 33 heavy (non-hydrogen) atoms. The summed E-state index contributed by atoms with van der Waals surface area (Å²) in [5, 5.41) is 13.0. The van der Waals surface area contributed by atoms with Gasteiger partial charge in [-0.3, -0.25) is 4.79 Å². The Bertz CT molecular complexity index is 1270. The highest BCUT2D eigenvalue weighted by Gasteiger charge is 2.15. The molecule has 0 fully saturated rings. The molecule has 0 unspecified atom stereocenters. The van der Waals surface area contributed by atoms with Crippen LogP contribution in [0.5, 0.6) is 5.75 Å². The van der Waals surface area contributed by atoms with E-state index < -0.39 is 5.91 Å². The molecule has 0 saturated heterocycles. The molecule has 0 bridgehead atoms. The van der Waals surface area contributed by atoms with Crippen LogP contribution in [0.4, 0.5) is 5.69 Å². The molecule has 0 aromatic heterocycles. The lowest BCUT2D eigenvalue weighted by atomic mass is 10.0. The van der Waals surface area contributed by atoms with E-state index in [0.717, 1.165) is 19.2 Å². The molecule has 168 valence electrons. The van der Waals surface area contributed by atoms with Gasteiger partial charge in [0, 0.05) is 25.7 Å². The summed E-state index contributed by atoms with van der Waals surface area (Å²) in [6, 6.07) is 18.5. The van der Waals surface area contributed by atoms with Crippen molar-refractivity contribution in [2.24, 2.45) is 0 Å². The fraction of sp³-hybridized carbons (Fsp3) is 0.120. The summed E-state index contributed by atoms with van der Waals surface area (Å²) in [5.74, 6) is 0.176. The van der Waals surface area contributed by atoms with E-state index in [1.165, 1.54) is 6.07 Å². The maximum Gasteiger partial charge on any atom is 0.266 e. The number of nitrogens with zero attached hydrogens (tertiary/aromatic N) is 1. The van der Waals surface area contributed by atoms with Crippen LogP contribution in [0.25, 0.3) is 6.08 Å². The number of halogens is 4. The molecule has 3 aromatic carbocycles. The van der Waals surface area contributed by atoms with Crippen molar-refractivity contribution in [2.45, 2.75) is 13.3 Å². The van der Waals surface area contributed by atoms with E-state index in [-0.39, 0.29) is 5.57 Å². The number of hydrogen-bond donors (Lipinski definition) is 1. The molecule has 0 heterocycles. The van der Waals surface area contributed by atoms with Gasteiger partial charge in [0.25, 0.3) is 5.91 Å². The molecule has 0 aliphatic carbocycles. The van der Waals surface area contributed by atoms with Gasteiger partial charge in [0.1, 0.15) is 17.4 Å². The number of ether oxygens (including phenoxy) is 1. The zero-order chi connectivity index (χ0) is 24.0. The van der Waals surface area contributed by atoms with Crippen molar-refractivity contribution in [2.75, 3.05) is 11.9 Å². The van der Waals surface area contributed by atoms with Crippen molar-refractivity contribution in [1.82, 2.24) is 0 Å². The van der Waals surface area contributed by atoms with E-state index in [1.54, 1.807) is 18.2 Å². The van der Waals surface area contributed by atoms with Crippen molar-refractivity contribution >= 4 is 79.4 Å². The Labute approximate surface area is 224 Å². The molecule has 1 amide bonds. The number of nitrogens with one attached hydrogen (secondary N) is 1. The summed E-state index contributed by atoms with van der Waals surface area (Å²) in [4.78, 5) is 12.7. The summed E-state index contributed by atoms with van der Waals surface area (Å²) in [7, 11) is 0. The van der Waals surface area contributed by atoms with Crippen molar-refractivity contribution in [3.05, 3.63) is 94.9 Å². The first-order valence-corrected chi connectivity index (χ1v) is 12.5. The molecule has 1 N–H and O–H groups in total. The average molecular weight is 656 g/mol. The third-order valence-electron chi connectivity index (χ3n) is 4.66. The summed E-state index contributed by atoms with van der Waals surface area (Å²) in [6.07, 6.45) is 2.22. The number of amides is 1. The lowest BCUT2D eigenvalue weighted by molar-refractivity contribution is -0.112. The van der Waals surface area contributed by atoms with Crippen LogP contribution >= 0.6 is 61.7 Å². The molecule has 0 aliphatic rings. The molecule has 0 atom stereocenters. The number of rotatable bonds is 7. The van der Waals surface area contributed by atoms with Crippen molar-refractivity contribution in [3.8, 4) is 11.8 Å². The van der Waals surface area contributed by atoms with Crippen LogP contribution in [0.3, 0.4) is 0 Å². The molecule has 8 heteroatoms. The second-order valence-electron chi connectivity index (χ2n) is 6.93. The molecule has 0 radical (unpaired) electrons. The van der Waals surface area contributed by atoms with Crippen LogP contribution in [-0.2, 0) is 11.2 Å². The summed E-state index contributed by atoms with van der Waals surface area (Å²) in [5.41, 5.74) is 3.28. The van der Waals surface area contributed by atoms with Crippen LogP contribution in [0.15, 0.2) is 64.6 Å². The van der Waals surface area contributed by atoms with Crippen molar-refractivity contribution in [1.29, 1.82) is 5.26 Å². The fourth-order valence-electron chi connectivity index (χ4n) is 3.09. The van der Waals surface area contributed by atoms with Gasteiger partial charge < -0.3 is 10.1 Å². The quantitative estimate of drug-likeness (QED) is 0.160. The van der Waals surface area contributed by atoms with Gasteiger partial charge >= 0.3 is 0 Å². The third-order valence-corrected chi connectivity index (χ3v) is 7.13. The molecule has 4 nitrogen and oxygen atoms in total. The minimum Gasteiger partial charge on any atom is -0.494 e. The molecule has 3 rings (SSSR count). The van der Waals surface area contributed by atoms with Crippen molar-refractivity contribution in [3.63, 3.8) is 0 Å². The Morgan fingerprint density at radius 1 is 1.18 bits per heavy atom. The van der Waals surface area contributed by atoms with Gasteiger partial charge in [-0.05, 0) is 83.1 Å². The molecular formula is C25H18BrCl2IN2O2. The summed E-state index contributed by atoms with van der Waals surface area (Å²) < 4.78 is 7.91. The van der Waals surface area contributed by atoms with Gasteiger partial charge in [-0.25, -0.2) is 0 Å². The maximum absolute atomic E-state index is 12.7. The van der Waals surface area contributed by atoms with E-state index in [0.29, 0.717) is 40.1 Å². The monoisotopic (exact) mass is 654 g/mol. The molecular weight excluding hydrogens is 638 g/mol. The standard InChI is InChI=1S/C25H18BrCl2IN2O2/c1-2-33-24-11-15(10-23(29)19(24)12-16-5-3-4-6-20(16)26)9-17(14-30)25(32)31-18-7-8-21(27)22(28)13-18/h3-11,13H,2,12H2,1H3,(H,31,32)/b17-9+. The third kappa shape index (κ3) is 6.73. The Morgan fingerprint density at radius 3 is 2.61 bits per heavy atom. The second kappa shape index (κ2) is 11.9. The highest BCUT2D eigenvalue weighted by Crippen LogP contribution is 2.32. The normalized spacial score (nSPS) is 11.1. The van der Waals surface area contributed by atoms with E-state index in [4.69, 9.17) is 27.9 Å². The highest BCUT2D eigenvalue weighted by molar-refractivity contribution is 14.1. The van der Waals surface area contributed by atoms with Gasteiger partial charge in [0.15, 0.2) is 0 Å². The number of benzene rings is 3. The topological polar surface area (TPSA) is 62.1 Å². The largest absolute Gasteiger partial charge is 0.494 e. The lowest BCUT2D eigenvalue weighted by Crippen LogP contribution is -2.13. The van der Waals surface area contributed by atoms with Gasteiger partial charge in [-0.2, -0.15) is 5.26 Å². The smallest absolute Gasteiger partial charge is 0.266 e. The minimum atomic E-state index is -0.541. The van der Waals surface area contributed by atoms with Gasteiger partial charge in [0.2, 0.25) is 0 Å². The highest BCUT2D eigenvalue weighted by atomic mass is 127. The van der Waals surface area contributed by atoms with Crippen LogP contribution in [0.2, 0.25) is 10.0 Å². The van der Waals surface area contributed by atoms with Crippen LogP contribution in [-0.4, -0.2) is 12.5 Å². The Balaban J connectivity index is 1.92. The van der Waals surface area contributed by atoms with Crippen LogP contribution in [0.1, 0.15) is 23.6 Å². The zero-order valence-corrected chi connectivity index (χ0v) is 22.7. The molecule has 3 aromatic rings. The first-order chi connectivity index (χ1) is 15.8. The van der Waals surface area contributed by atoms with E-state index >= 15 is 0 Å². The maximum atomic E-state index is 12.7. The van der Waals surface area contributed by atoms with E-state index in [1.807, 2.05) is 43.3 Å². The number of carbonyl (C=O) groups excluding carboxylic acids is 1. The van der Waals surface area contributed by atoms with E-state index in [9.17, 15) is 10.1 Å².